The molecule has 0 bridgehead atoms. The summed E-state index contributed by atoms with van der Waals surface area (Å²) in [6.45, 7) is 0.774. The van der Waals surface area contributed by atoms with Crippen LogP contribution in [-0.4, -0.2) is 17.6 Å². The van der Waals surface area contributed by atoms with Crippen LogP contribution >= 0.6 is 11.3 Å². The molecule has 0 saturated heterocycles. The van der Waals surface area contributed by atoms with Crippen molar-refractivity contribution in [2.75, 3.05) is 17.2 Å². The van der Waals surface area contributed by atoms with Crippen molar-refractivity contribution in [1.29, 1.82) is 5.26 Å². The molecule has 4 nitrogen and oxygen atoms in total. The van der Waals surface area contributed by atoms with E-state index in [4.69, 9.17) is 11.0 Å². The molecule has 1 aromatic carbocycles. The molecule has 0 aliphatic heterocycles. The Balaban J connectivity index is 1.93. The molecule has 3 rings (SSSR count). The third-order valence-electron chi connectivity index (χ3n) is 3.10. The molecule has 1 aliphatic rings. The summed E-state index contributed by atoms with van der Waals surface area (Å²) in [4.78, 5) is 6.92. The van der Waals surface area contributed by atoms with Gasteiger partial charge in [-0.15, -0.1) is 0 Å². The molecule has 0 atom stereocenters. The van der Waals surface area contributed by atoms with Crippen molar-refractivity contribution >= 4 is 32.4 Å². The van der Waals surface area contributed by atoms with Gasteiger partial charge in [-0.05, 0) is 31.0 Å². The molecule has 0 amide bonds. The number of nitrogen functional groups attached to an aromatic ring is 1. The van der Waals surface area contributed by atoms with Gasteiger partial charge in [0.15, 0.2) is 5.13 Å². The average molecular weight is 258 g/mol. The third-order valence-corrected chi connectivity index (χ3v) is 4.15. The van der Waals surface area contributed by atoms with Crippen LogP contribution in [0.2, 0.25) is 0 Å². The molecule has 18 heavy (non-hydrogen) atoms. The Morgan fingerprint density at radius 3 is 3.06 bits per heavy atom. The number of nitriles is 1. The third kappa shape index (κ3) is 2.12. The van der Waals surface area contributed by atoms with Gasteiger partial charge in [0.25, 0.3) is 0 Å². The van der Waals surface area contributed by atoms with Crippen LogP contribution in [0.15, 0.2) is 18.2 Å². The fraction of sp³-hybridized carbons (Fsp3) is 0.385. The Morgan fingerprint density at radius 1 is 1.50 bits per heavy atom. The Kier molecular flexibility index (Phi) is 2.80. The summed E-state index contributed by atoms with van der Waals surface area (Å²) >= 11 is 1.66. The highest BCUT2D eigenvalue weighted by molar-refractivity contribution is 7.22. The lowest BCUT2D eigenvalue weighted by atomic mass is 10.3. The normalized spacial score (nSPS) is 14.6. The number of hydrogen-bond donors (Lipinski definition) is 1. The van der Waals surface area contributed by atoms with Gasteiger partial charge in [-0.25, -0.2) is 4.98 Å². The van der Waals surface area contributed by atoms with Crippen LogP contribution in [0, 0.1) is 11.3 Å². The maximum absolute atomic E-state index is 8.73. The van der Waals surface area contributed by atoms with Crippen molar-refractivity contribution in [3.05, 3.63) is 18.2 Å². The Labute approximate surface area is 110 Å². The van der Waals surface area contributed by atoms with E-state index in [1.165, 1.54) is 12.8 Å². The second-order valence-electron chi connectivity index (χ2n) is 4.56. The largest absolute Gasteiger partial charge is 0.399 e. The van der Waals surface area contributed by atoms with E-state index in [1.54, 1.807) is 11.3 Å². The fourth-order valence-electron chi connectivity index (χ4n) is 2.04. The maximum Gasteiger partial charge on any atom is 0.186 e. The van der Waals surface area contributed by atoms with Crippen molar-refractivity contribution in [1.82, 2.24) is 4.98 Å². The topological polar surface area (TPSA) is 65.9 Å². The van der Waals surface area contributed by atoms with Gasteiger partial charge in [-0.3, -0.25) is 0 Å². The summed E-state index contributed by atoms with van der Waals surface area (Å²) in [5.41, 5.74) is 7.55. The van der Waals surface area contributed by atoms with Crippen molar-refractivity contribution in [2.24, 2.45) is 0 Å². The predicted molar refractivity (Wildman–Crippen MR) is 74.6 cm³/mol. The number of aromatic nitrogens is 1. The summed E-state index contributed by atoms with van der Waals surface area (Å²) in [5, 5.41) is 9.75. The number of benzene rings is 1. The van der Waals surface area contributed by atoms with Crippen LogP contribution in [0.5, 0.6) is 0 Å². The second kappa shape index (κ2) is 4.46. The van der Waals surface area contributed by atoms with Crippen LogP contribution in [0.4, 0.5) is 10.8 Å². The number of nitrogens with two attached hydrogens (primary N) is 1. The van der Waals surface area contributed by atoms with Crippen LogP contribution in [0.1, 0.15) is 19.3 Å². The van der Waals surface area contributed by atoms with E-state index in [0.29, 0.717) is 12.5 Å². The number of fused-ring (bicyclic) bond motifs is 1. The molecule has 2 N–H and O–H groups in total. The number of nitrogens with zero attached hydrogens (tertiary/aromatic N) is 3. The minimum absolute atomic E-state index is 0.550. The monoisotopic (exact) mass is 258 g/mol. The van der Waals surface area contributed by atoms with E-state index in [1.807, 2.05) is 18.2 Å². The summed E-state index contributed by atoms with van der Waals surface area (Å²) in [6, 6.07) is 8.59. The smallest absolute Gasteiger partial charge is 0.186 e. The number of thiazole rings is 1. The lowest BCUT2D eigenvalue weighted by Gasteiger charge is -2.19. The number of rotatable bonds is 4. The first-order valence-corrected chi connectivity index (χ1v) is 6.89. The molecule has 1 heterocycles. The highest BCUT2D eigenvalue weighted by Crippen LogP contribution is 2.36. The van der Waals surface area contributed by atoms with Gasteiger partial charge in [0, 0.05) is 18.3 Å². The summed E-state index contributed by atoms with van der Waals surface area (Å²) in [5.74, 6) is 0. The molecule has 5 heteroatoms. The van der Waals surface area contributed by atoms with Gasteiger partial charge >= 0.3 is 0 Å². The lowest BCUT2D eigenvalue weighted by molar-refractivity contribution is 0.790. The molecule has 0 spiro atoms. The van der Waals surface area contributed by atoms with Crippen LogP contribution in [0.3, 0.4) is 0 Å². The summed E-state index contributed by atoms with van der Waals surface area (Å²) < 4.78 is 1.12. The molecular weight excluding hydrogens is 244 g/mol. The van der Waals surface area contributed by atoms with Gasteiger partial charge in [0.1, 0.15) is 0 Å². The van der Waals surface area contributed by atoms with Crippen LogP contribution < -0.4 is 10.6 Å². The van der Waals surface area contributed by atoms with Crippen LogP contribution in [-0.2, 0) is 0 Å². The van der Waals surface area contributed by atoms with Gasteiger partial charge in [0.05, 0.1) is 22.7 Å². The fourth-order valence-corrected chi connectivity index (χ4v) is 3.15. The lowest BCUT2D eigenvalue weighted by Crippen LogP contribution is -2.26. The minimum Gasteiger partial charge on any atom is -0.399 e. The van der Waals surface area contributed by atoms with Gasteiger partial charge in [-0.1, -0.05) is 11.3 Å². The van der Waals surface area contributed by atoms with E-state index in [0.717, 1.165) is 27.6 Å². The van der Waals surface area contributed by atoms with Gasteiger partial charge in [-0.2, -0.15) is 5.26 Å². The van der Waals surface area contributed by atoms with Crippen molar-refractivity contribution in [3.8, 4) is 6.07 Å². The minimum atomic E-state index is 0.550. The van der Waals surface area contributed by atoms with Crippen LogP contribution in [0.25, 0.3) is 10.2 Å². The zero-order chi connectivity index (χ0) is 12.5. The molecule has 92 valence electrons. The van der Waals surface area contributed by atoms with Gasteiger partial charge in [0.2, 0.25) is 0 Å². The maximum atomic E-state index is 8.73. The second-order valence-corrected chi connectivity index (χ2v) is 5.57. The first-order chi connectivity index (χ1) is 8.78. The highest BCUT2D eigenvalue weighted by Gasteiger charge is 2.30. The zero-order valence-corrected chi connectivity index (χ0v) is 10.8. The zero-order valence-electron chi connectivity index (χ0n) is 9.97. The van der Waals surface area contributed by atoms with Crippen molar-refractivity contribution < 1.29 is 0 Å². The number of hydrogen-bond acceptors (Lipinski definition) is 5. The molecule has 0 radical (unpaired) electrons. The summed E-state index contributed by atoms with van der Waals surface area (Å²) in [7, 11) is 0. The first kappa shape index (κ1) is 11.3. The average Bonchev–Trinajstić information content (AvgIpc) is 3.10. The predicted octanol–water partition coefficient (Wildman–Crippen LogP) is 2.76. The Bertz CT molecular complexity index is 609. The van der Waals surface area contributed by atoms with E-state index in [-0.39, 0.29) is 0 Å². The molecule has 0 unspecified atom stereocenters. The van der Waals surface area contributed by atoms with E-state index in [2.05, 4.69) is 16.0 Å². The molecule has 1 aliphatic carbocycles. The molecule has 1 aromatic heterocycles. The Hall–Kier alpha value is -1.80. The molecule has 1 fully saturated rings. The first-order valence-electron chi connectivity index (χ1n) is 6.07. The quantitative estimate of drug-likeness (QED) is 0.856. The highest BCUT2D eigenvalue weighted by atomic mass is 32.1. The van der Waals surface area contributed by atoms with Crippen molar-refractivity contribution in [3.63, 3.8) is 0 Å². The SMILES string of the molecule is N#CCCN(c1nc2ccc(N)cc2s1)C1CC1. The van der Waals surface area contributed by atoms with E-state index < -0.39 is 0 Å². The molecular formula is C13H14N4S. The molecule has 2 aromatic rings. The van der Waals surface area contributed by atoms with Gasteiger partial charge < -0.3 is 10.6 Å². The van der Waals surface area contributed by atoms with E-state index >= 15 is 0 Å². The Morgan fingerprint density at radius 2 is 2.33 bits per heavy atom. The number of anilines is 2. The van der Waals surface area contributed by atoms with E-state index in [9.17, 15) is 0 Å². The summed E-state index contributed by atoms with van der Waals surface area (Å²) in [6.07, 6.45) is 2.97. The standard InChI is InChI=1S/C13H14N4S/c14-6-1-7-17(10-3-4-10)13-16-11-5-2-9(15)8-12(11)18-13/h2,5,8,10H,1,3-4,7,15H2. The van der Waals surface area contributed by atoms with Crippen molar-refractivity contribution in [2.45, 2.75) is 25.3 Å². The molecule has 1 saturated carbocycles.